The standard InChI is InChI=1S/C19H15ClFN3O2/c1-11-2-4-12(5-3-11)18-22-19(26-23-18)13-8-17(25)24(10-13)14-6-7-16(21)15(20)9-14/h2-7,9,13H,8,10H2,1H3. The normalized spacial score (nSPS) is 17.1. The maximum Gasteiger partial charge on any atom is 0.232 e. The highest BCUT2D eigenvalue weighted by Gasteiger charge is 2.35. The van der Waals surface area contributed by atoms with Crippen molar-refractivity contribution in [2.45, 2.75) is 19.3 Å². The lowest BCUT2D eigenvalue weighted by atomic mass is 10.1. The van der Waals surface area contributed by atoms with Crippen LogP contribution in [0, 0.1) is 12.7 Å². The minimum atomic E-state index is -0.516. The van der Waals surface area contributed by atoms with Crippen molar-refractivity contribution in [2.75, 3.05) is 11.4 Å². The smallest absolute Gasteiger partial charge is 0.232 e. The van der Waals surface area contributed by atoms with Crippen LogP contribution in [-0.4, -0.2) is 22.6 Å². The summed E-state index contributed by atoms with van der Waals surface area (Å²) in [5.74, 6) is 0.101. The van der Waals surface area contributed by atoms with E-state index in [1.54, 1.807) is 4.90 Å². The zero-order chi connectivity index (χ0) is 18.3. The average molecular weight is 372 g/mol. The van der Waals surface area contributed by atoms with Gasteiger partial charge < -0.3 is 9.42 Å². The third-order valence-corrected chi connectivity index (χ3v) is 4.73. The lowest BCUT2D eigenvalue weighted by molar-refractivity contribution is -0.117. The molecular formula is C19H15ClFN3O2. The van der Waals surface area contributed by atoms with Crippen LogP contribution in [-0.2, 0) is 4.79 Å². The van der Waals surface area contributed by atoms with E-state index >= 15 is 0 Å². The fourth-order valence-corrected chi connectivity index (χ4v) is 3.17. The van der Waals surface area contributed by atoms with Crippen molar-refractivity contribution >= 4 is 23.2 Å². The minimum Gasteiger partial charge on any atom is -0.339 e. The summed E-state index contributed by atoms with van der Waals surface area (Å²) in [5.41, 5.74) is 2.56. The van der Waals surface area contributed by atoms with Crippen molar-refractivity contribution in [2.24, 2.45) is 0 Å². The van der Waals surface area contributed by atoms with Gasteiger partial charge in [0.15, 0.2) is 0 Å². The molecule has 0 radical (unpaired) electrons. The molecule has 2 heterocycles. The minimum absolute atomic E-state index is 0.0156. The molecule has 1 amide bonds. The van der Waals surface area contributed by atoms with Gasteiger partial charge in [0.1, 0.15) is 5.82 Å². The molecule has 3 aromatic rings. The van der Waals surface area contributed by atoms with Gasteiger partial charge in [-0.3, -0.25) is 4.79 Å². The molecule has 0 N–H and O–H groups in total. The van der Waals surface area contributed by atoms with Crippen molar-refractivity contribution in [3.05, 3.63) is 64.8 Å². The quantitative estimate of drug-likeness (QED) is 0.686. The van der Waals surface area contributed by atoms with E-state index in [0.29, 0.717) is 23.9 Å². The number of nitrogens with zero attached hydrogens (tertiary/aromatic N) is 3. The van der Waals surface area contributed by atoms with E-state index in [-0.39, 0.29) is 23.3 Å². The van der Waals surface area contributed by atoms with E-state index in [1.807, 2.05) is 31.2 Å². The number of anilines is 1. The summed E-state index contributed by atoms with van der Waals surface area (Å²) < 4.78 is 18.7. The molecule has 0 aliphatic carbocycles. The Bertz CT molecular complexity index is 971. The predicted octanol–water partition coefficient (Wildman–Crippen LogP) is 4.36. The van der Waals surface area contributed by atoms with Gasteiger partial charge in [0, 0.05) is 24.2 Å². The monoisotopic (exact) mass is 371 g/mol. The molecule has 0 saturated carbocycles. The Kier molecular flexibility index (Phi) is 4.20. The molecular weight excluding hydrogens is 357 g/mol. The van der Waals surface area contributed by atoms with Gasteiger partial charge in [-0.1, -0.05) is 46.6 Å². The van der Waals surface area contributed by atoms with Gasteiger partial charge in [-0.25, -0.2) is 4.39 Å². The lowest BCUT2D eigenvalue weighted by Crippen LogP contribution is -2.24. The highest BCUT2D eigenvalue weighted by atomic mass is 35.5. The number of halogens is 2. The summed E-state index contributed by atoms with van der Waals surface area (Å²) >= 11 is 5.82. The Labute approximate surface area is 154 Å². The second-order valence-corrected chi connectivity index (χ2v) is 6.73. The molecule has 1 aromatic heterocycles. The third kappa shape index (κ3) is 3.08. The van der Waals surface area contributed by atoms with Crippen LogP contribution < -0.4 is 4.90 Å². The lowest BCUT2D eigenvalue weighted by Gasteiger charge is -2.16. The van der Waals surface area contributed by atoms with E-state index < -0.39 is 5.82 Å². The van der Waals surface area contributed by atoms with Gasteiger partial charge in [0.2, 0.25) is 17.6 Å². The molecule has 0 spiro atoms. The molecule has 1 atom stereocenters. The summed E-state index contributed by atoms with van der Waals surface area (Å²) in [6.07, 6.45) is 0.254. The Morgan fingerprint density at radius 3 is 2.73 bits per heavy atom. The summed E-state index contributed by atoms with van der Waals surface area (Å²) in [4.78, 5) is 18.4. The number of hydrogen-bond acceptors (Lipinski definition) is 4. The molecule has 1 aliphatic heterocycles. The fourth-order valence-electron chi connectivity index (χ4n) is 3.00. The van der Waals surface area contributed by atoms with Crippen LogP contribution in [0.25, 0.3) is 11.4 Å². The Hall–Kier alpha value is -2.73. The molecule has 1 aliphatic rings. The van der Waals surface area contributed by atoms with Crippen LogP contribution in [0.5, 0.6) is 0 Å². The van der Waals surface area contributed by atoms with Crippen molar-refractivity contribution in [1.82, 2.24) is 10.1 Å². The summed E-state index contributed by atoms with van der Waals surface area (Å²) in [6, 6.07) is 12.0. The highest BCUT2D eigenvalue weighted by molar-refractivity contribution is 6.31. The largest absolute Gasteiger partial charge is 0.339 e. The van der Waals surface area contributed by atoms with Crippen LogP contribution in [0.4, 0.5) is 10.1 Å². The second kappa shape index (κ2) is 6.53. The number of benzene rings is 2. The Morgan fingerprint density at radius 2 is 2.00 bits per heavy atom. The zero-order valence-electron chi connectivity index (χ0n) is 13.9. The molecule has 4 rings (SSSR count). The van der Waals surface area contributed by atoms with Crippen LogP contribution in [0.1, 0.15) is 23.8 Å². The number of aromatic nitrogens is 2. The molecule has 26 heavy (non-hydrogen) atoms. The van der Waals surface area contributed by atoms with E-state index in [9.17, 15) is 9.18 Å². The maximum atomic E-state index is 13.3. The first kappa shape index (κ1) is 16.7. The molecule has 1 saturated heterocycles. The summed E-state index contributed by atoms with van der Waals surface area (Å²) in [7, 11) is 0. The molecule has 1 unspecified atom stereocenters. The van der Waals surface area contributed by atoms with E-state index in [1.165, 1.54) is 18.2 Å². The van der Waals surface area contributed by atoms with Gasteiger partial charge in [-0.15, -0.1) is 0 Å². The topological polar surface area (TPSA) is 59.2 Å². The Morgan fingerprint density at radius 1 is 1.23 bits per heavy atom. The van der Waals surface area contributed by atoms with Gasteiger partial charge in [-0.05, 0) is 25.1 Å². The van der Waals surface area contributed by atoms with E-state index in [4.69, 9.17) is 16.1 Å². The Balaban J connectivity index is 1.55. The number of amides is 1. The third-order valence-electron chi connectivity index (χ3n) is 4.44. The van der Waals surface area contributed by atoms with Crippen molar-refractivity contribution < 1.29 is 13.7 Å². The molecule has 7 heteroatoms. The first-order valence-electron chi connectivity index (χ1n) is 8.17. The number of aryl methyl sites for hydroxylation is 1. The van der Waals surface area contributed by atoms with Crippen molar-refractivity contribution in [3.8, 4) is 11.4 Å². The molecule has 1 fully saturated rings. The van der Waals surface area contributed by atoms with Gasteiger partial charge in [0.25, 0.3) is 0 Å². The van der Waals surface area contributed by atoms with E-state index in [0.717, 1.165) is 11.1 Å². The van der Waals surface area contributed by atoms with Gasteiger partial charge >= 0.3 is 0 Å². The first-order valence-corrected chi connectivity index (χ1v) is 8.55. The van der Waals surface area contributed by atoms with Crippen LogP contribution in [0.3, 0.4) is 0 Å². The number of carbonyl (C=O) groups is 1. The number of carbonyl (C=O) groups excluding carboxylic acids is 1. The van der Waals surface area contributed by atoms with Gasteiger partial charge in [-0.2, -0.15) is 4.98 Å². The van der Waals surface area contributed by atoms with Crippen LogP contribution in [0.2, 0.25) is 5.02 Å². The molecule has 5 nitrogen and oxygen atoms in total. The van der Waals surface area contributed by atoms with Gasteiger partial charge in [0.05, 0.1) is 10.9 Å². The van der Waals surface area contributed by atoms with Crippen LogP contribution in [0.15, 0.2) is 47.0 Å². The molecule has 0 bridgehead atoms. The highest BCUT2D eigenvalue weighted by Crippen LogP contribution is 2.33. The first-order chi connectivity index (χ1) is 12.5. The fraction of sp³-hybridized carbons (Fsp3) is 0.211. The van der Waals surface area contributed by atoms with E-state index in [2.05, 4.69) is 10.1 Å². The molecule has 132 valence electrons. The maximum absolute atomic E-state index is 13.3. The zero-order valence-corrected chi connectivity index (χ0v) is 14.7. The van der Waals surface area contributed by atoms with Crippen molar-refractivity contribution in [3.63, 3.8) is 0 Å². The molecule has 2 aromatic carbocycles. The average Bonchev–Trinajstić information content (AvgIpc) is 3.25. The van der Waals surface area contributed by atoms with Crippen molar-refractivity contribution in [1.29, 1.82) is 0 Å². The summed E-state index contributed by atoms with van der Waals surface area (Å²) in [5, 5.41) is 4.01. The second-order valence-electron chi connectivity index (χ2n) is 6.33. The SMILES string of the molecule is Cc1ccc(-c2noc(C3CC(=O)N(c4ccc(F)c(Cl)c4)C3)n2)cc1. The number of hydrogen-bond donors (Lipinski definition) is 0. The number of rotatable bonds is 3. The predicted molar refractivity (Wildman–Crippen MR) is 95.6 cm³/mol. The summed E-state index contributed by atoms with van der Waals surface area (Å²) in [6.45, 7) is 2.39. The van der Waals surface area contributed by atoms with Crippen LogP contribution >= 0.6 is 11.6 Å².